The smallest absolute Gasteiger partial charge is 0.309 e. The summed E-state index contributed by atoms with van der Waals surface area (Å²) < 4.78 is 5.56. The number of hydrogen-bond donors (Lipinski definition) is 4. The Morgan fingerprint density at radius 1 is 1.00 bits per heavy atom. The minimum atomic E-state index is -1.20. The number of hydrogen-bond acceptors (Lipinski definition) is 8. The van der Waals surface area contributed by atoms with Crippen molar-refractivity contribution in [2.75, 3.05) is 11.5 Å². The molecule has 1 fully saturated rings. The van der Waals surface area contributed by atoms with Crippen LogP contribution in [0.15, 0.2) is 36.4 Å². The summed E-state index contributed by atoms with van der Waals surface area (Å²) in [7, 11) is 3.03. The molecule has 0 spiro atoms. The predicted molar refractivity (Wildman–Crippen MR) is 149 cm³/mol. The number of rotatable bonds is 3. The molecule has 1 aromatic rings. The molecule has 0 unspecified atom stereocenters. The molecular formula is C27H37N3O6S2. The highest BCUT2D eigenvalue weighted by Gasteiger charge is 2.33. The number of aryl methyl sites for hydroxylation is 1. The molecule has 5 atom stereocenters. The zero-order chi connectivity index (χ0) is 27.7. The van der Waals surface area contributed by atoms with Gasteiger partial charge in [-0.05, 0) is 30.9 Å². The standard InChI is InChI=1S/C27H37N3O6S2/c1-16(2)25-22(31)14-24(33)36-19-6-4-5-11-37-38-15-21(27(35)30-25)29-26(34)20(28-23(32)13-19)12-18-9-7-17(3)8-10-18/h4,6-10,16,19-22,25,31H,5,11-15H2,1-3H3,(H,28,32)(H,29,34)(H,30,35)/b6-4+/t19-,20-,21-,22+,25-/m1/s1. The number of amides is 3. The second-order valence-electron chi connectivity index (χ2n) is 9.98. The molecule has 0 aromatic heterocycles. The summed E-state index contributed by atoms with van der Waals surface area (Å²) >= 11 is 0. The van der Waals surface area contributed by atoms with Crippen LogP contribution in [-0.4, -0.2) is 70.6 Å². The van der Waals surface area contributed by atoms with Crippen LogP contribution in [0.3, 0.4) is 0 Å². The van der Waals surface area contributed by atoms with E-state index in [2.05, 4.69) is 16.0 Å². The largest absolute Gasteiger partial charge is 0.457 e. The van der Waals surface area contributed by atoms with Gasteiger partial charge in [0.1, 0.15) is 18.2 Å². The molecule has 208 valence electrons. The van der Waals surface area contributed by atoms with Crippen LogP contribution in [0.4, 0.5) is 0 Å². The maximum atomic E-state index is 13.5. The van der Waals surface area contributed by atoms with Gasteiger partial charge in [-0.1, -0.05) is 71.3 Å². The van der Waals surface area contributed by atoms with E-state index in [-0.39, 0.29) is 25.2 Å². The lowest BCUT2D eigenvalue weighted by Crippen LogP contribution is -2.58. The lowest BCUT2D eigenvalue weighted by Gasteiger charge is -2.29. The quantitative estimate of drug-likeness (QED) is 0.250. The molecule has 0 saturated carbocycles. The van der Waals surface area contributed by atoms with E-state index < -0.39 is 54.0 Å². The third kappa shape index (κ3) is 9.36. The molecule has 3 amide bonds. The number of allylic oxidation sites excluding steroid dienone is 1. The van der Waals surface area contributed by atoms with Gasteiger partial charge >= 0.3 is 5.97 Å². The van der Waals surface area contributed by atoms with Crippen LogP contribution in [0.25, 0.3) is 0 Å². The Balaban J connectivity index is 1.99. The Morgan fingerprint density at radius 3 is 2.45 bits per heavy atom. The first-order valence-corrected chi connectivity index (χ1v) is 15.4. The van der Waals surface area contributed by atoms with Gasteiger partial charge in [-0.3, -0.25) is 19.2 Å². The number of esters is 1. The summed E-state index contributed by atoms with van der Waals surface area (Å²) in [6, 6.07) is 5.06. The molecule has 1 saturated heterocycles. The third-order valence-corrected chi connectivity index (χ3v) is 8.82. The van der Waals surface area contributed by atoms with E-state index in [1.54, 1.807) is 16.9 Å². The van der Waals surface area contributed by atoms with Crippen LogP contribution in [0.1, 0.15) is 44.2 Å². The van der Waals surface area contributed by atoms with Gasteiger partial charge in [-0.25, -0.2) is 0 Å². The fourth-order valence-corrected chi connectivity index (χ4v) is 6.39. The minimum Gasteiger partial charge on any atom is -0.457 e. The van der Waals surface area contributed by atoms with Gasteiger partial charge in [-0.2, -0.15) is 0 Å². The van der Waals surface area contributed by atoms with Crippen molar-refractivity contribution in [2.24, 2.45) is 5.92 Å². The summed E-state index contributed by atoms with van der Waals surface area (Å²) in [5, 5.41) is 19.3. The fraction of sp³-hybridized carbons (Fsp3) is 0.556. The summed E-state index contributed by atoms with van der Waals surface area (Å²) in [5.41, 5.74) is 1.92. The number of carbonyl (C=O) groups excluding carboxylic acids is 4. The van der Waals surface area contributed by atoms with Crippen LogP contribution in [0.5, 0.6) is 0 Å². The fourth-order valence-electron chi connectivity index (χ4n) is 4.24. The summed E-state index contributed by atoms with van der Waals surface area (Å²) in [6.45, 7) is 5.62. The van der Waals surface area contributed by atoms with Crippen LogP contribution in [0.2, 0.25) is 0 Å². The van der Waals surface area contributed by atoms with E-state index in [9.17, 15) is 24.3 Å². The molecule has 9 nitrogen and oxygen atoms in total. The normalized spacial score (nSPS) is 29.1. The maximum absolute atomic E-state index is 13.5. The molecule has 38 heavy (non-hydrogen) atoms. The molecule has 2 aliphatic rings. The molecule has 0 radical (unpaired) electrons. The summed E-state index contributed by atoms with van der Waals surface area (Å²) in [6.07, 6.45) is 1.86. The van der Waals surface area contributed by atoms with E-state index in [4.69, 9.17) is 4.74 Å². The van der Waals surface area contributed by atoms with E-state index in [0.717, 1.165) is 16.9 Å². The highest BCUT2D eigenvalue weighted by molar-refractivity contribution is 8.76. The number of fused-ring (bicyclic) bond motifs is 7. The monoisotopic (exact) mass is 563 g/mol. The Bertz CT molecular complexity index is 1020. The molecule has 0 aliphatic carbocycles. The number of nitrogens with one attached hydrogen (secondary N) is 3. The van der Waals surface area contributed by atoms with Crippen molar-refractivity contribution < 1.29 is 29.0 Å². The van der Waals surface area contributed by atoms with Crippen LogP contribution in [-0.2, 0) is 30.3 Å². The van der Waals surface area contributed by atoms with Crippen molar-refractivity contribution in [3.8, 4) is 0 Å². The molecule has 2 aliphatic heterocycles. The van der Waals surface area contributed by atoms with Gasteiger partial charge in [0.2, 0.25) is 17.7 Å². The maximum Gasteiger partial charge on any atom is 0.309 e. The van der Waals surface area contributed by atoms with E-state index in [1.165, 1.54) is 10.8 Å². The van der Waals surface area contributed by atoms with Crippen molar-refractivity contribution >= 4 is 45.3 Å². The minimum absolute atomic E-state index is 0.174. The first kappa shape index (κ1) is 30.0. The van der Waals surface area contributed by atoms with Crippen LogP contribution in [0, 0.1) is 12.8 Å². The molecule has 4 N–H and O–H groups in total. The summed E-state index contributed by atoms with van der Waals surface area (Å²) in [4.78, 5) is 52.6. The van der Waals surface area contributed by atoms with Gasteiger partial charge in [-0.15, -0.1) is 0 Å². The average Bonchev–Trinajstić information content (AvgIpc) is 2.85. The number of benzene rings is 1. The van der Waals surface area contributed by atoms with Gasteiger partial charge in [0, 0.05) is 17.9 Å². The van der Waals surface area contributed by atoms with Crippen molar-refractivity contribution in [1.82, 2.24) is 16.0 Å². The van der Waals surface area contributed by atoms with Crippen molar-refractivity contribution in [3.05, 3.63) is 47.5 Å². The van der Waals surface area contributed by atoms with Crippen LogP contribution < -0.4 is 16.0 Å². The first-order chi connectivity index (χ1) is 18.1. The third-order valence-electron chi connectivity index (χ3n) is 6.37. The molecule has 1 aromatic carbocycles. The van der Waals surface area contributed by atoms with Crippen molar-refractivity contribution in [3.63, 3.8) is 0 Å². The van der Waals surface area contributed by atoms with Gasteiger partial charge in [0.15, 0.2) is 0 Å². The zero-order valence-corrected chi connectivity index (χ0v) is 23.6. The van der Waals surface area contributed by atoms with E-state index in [1.807, 2.05) is 51.1 Å². The molecule has 2 heterocycles. The topological polar surface area (TPSA) is 134 Å². The lowest BCUT2D eigenvalue weighted by atomic mass is 9.96. The molecule has 11 heteroatoms. The van der Waals surface area contributed by atoms with Gasteiger partial charge in [0.05, 0.1) is 25.0 Å². The second-order valence-corrected chi connectivity index (χ2v) is 12.6. The second kappa shape index (κ2) is 14.6. The van der Waals surface area contributed by atoms with Crippen molar-refractivity contribution in [2.45, 2.75) is 76.8 Å². The van der Waals surface area contributed by atoms with Gasteiger partial charge in [0.25, 0.3) is 0 Å². The summed E-state index contributed by atoms with van der Waals surface area (Å²) in [5.74, 6) is -1.24. The van der Waals surface area contributed by atoms with E-state index >= 15 is 0 Å². The van der Waals surface area contributed by atoms with E-state index in [0.29, 0.717) is 12.2 Å². The highest BCUT2D eigenvalue weighted by Crippen LogP contribution is 2.24. The SMILES string of the molecule is Cc1ccc(C[C@H]2NC(=O)C[C@H]3/C=C/CCSSC[C@@H](NC2=O)C(=O)N[C@H](C(C)C)[C@@H](O)CC(=O)O3)cc1. The van der Waals surface area contributed by atoms with Crippen molar-refractivity contribution in [1.29, 1.82) is 0 Å². The highest BCUT2D eigenvalue weighted by atomic mass is 33.1. The Labute approximate surface area is 231 Å². The number of carbonyl (C=O) groups is 4. The van der Waals surface area contributed by atoms with Crippen LogP contribution >= 0.6 is 21.6 Å². The number of aliphatic hydroxyl groups excluding tert-OH is 1. The average molecular weight is 564 g/mol. The molecule has 2 bridgehead atoms. The predicted octanol–water partition coefficient (Wildman–Crippen LogP) is 2.06. The molecular weight excluding hydrogens is 526 g/mol. The first-order valence-electron chi connectivity index (χ1n) is 12.9. The Kier molecular flexibility index (Phi) is 11.5. The lowest BCUT2D eigenvalue weighted by molar-refractivity contribution is -0.151. The Hall–Kier alpha value is -2.50. The number of aliphatic hydroxyl groups is 1. The molecule has 3 rings (SSSR count). The van der Waals surface area contributed by atoms with Gasteiger partial charge < -0.3 is 25.8 Å². The number of ether oxygens (including phenoxy) is 1. The zero-order valence-electron chi connectivity index (χ0n) is 22.0. The Morgan fingerprint density at radius 2 is 1.74 bits per heavy atom.